The number of rotatable bonds is 4. The van der Waals surface area contributed by atoms with E-state index in [2.05, 4.69) is 5.32 Å². The summed E-state index contributed by atoms with van der Waals surface area (Å²) < 4.78 is 0. The molecule has 0 heterocycles. The number of aliphatic hydroxyl groups excluding tert-OH is 1. The third kappa shape index (κ3) is 2.91. The highest BCUT2D eigenvalue weighted by Crippen LogP contribution is 2.39. The van der Waals surface area contributed by atoms with Gasteiger partial charge < -0.3 is 15.5 Å². The molecule has 0 aliphatic heterocycles. The number of carbonyl (C=O) groups is 2. The zero-order chi connectivity index (χ0) is 14.0. The van der Waals surface area contributed by atoms with E-state index in [1.54, 1.807) is 0 Å². The number of carboxylic acid groups (broad SMARTS) is 1. The maximum atomic E-state index is 12.3. The molecular formula is C14H23NO4. The molecule has 3 atom stereocenters. The average Bonchev–Trinajstić information content (AvgIpc) is 3.16. The van der Waals surface area contributed by atoms with Crippen molar-refractivity contribution in [2.45, 2.75) is 64.0 Å². The first-order valence-corrected chi connectivity index (χ1v) is 7.18. The standard InChI is InChI=1S/C14H23NO4/c1-14(13(18)19,12(17)15-9-7-8-9)10-5-3-2-4-6-11(10)16/h9-11,16H,2-8H2,1H3,(H,15,17)(H,18,19). The molecule has 2 aliphatic carbocycles. The molecule has 5 heteroatoms. The van der Waals surface area contributed by atoms with Crippen LogP contribution < -0.4 is 5.32 Å². The monoisotopic (exact) mass is 269 g/mol. The van der Waals surface area contributed by atoms with Crippen LogP contribution in [0.1, 0.15) is 51.9 Å². The molecule has 2 rings (SSSR count). The fraction of sp³-hybridized carbons (Fsp3) is 0.857. The predicted molar refractivity (Wildman–Crippen MR) is 69.5 cm³/mol. The third-order valence-corrected chi connectivity index (χ3v) is 4.55. The Morgan fingerprint density at radius 1 is 1.11 bits per heavy atom. The van der Waals surface area contributed by atoms with E-state index in [4.69, 9.17) is 0 Å². The number of aliphatic hydroxyl groups is 1. The molecule has 0 aromatic carbocycles. The van der Waals surface area contributed by atoms with Gasteiger partial charge in [-0.25, -0.2) is 0 Å². The van der Waals surface area contributed by atoms with Crippen LogP contribution in [0.2, 0.25) is 0 Å². The van der Waals surface area contributed by atoms with E-state index >= 15 is 0 Å². The minimum atomic E-state index is -1.52. The summed E-state index contributed by atoms with van der Waals surface area (Å²) >= 11 is 0. The van der Waals surface area contributed by atoms with Gasteiger partial charge in [-0.3, -0.25) is 9.59 Å². The Morgan fingerprint density at radius 2 is 1.74 bits per heavy atom. The zero-order valence-electron chi connectivity index (χ0n) is 11.4. The molecule has 3 unspecified atom stereocenters. The molecule has 0 bridgehead atoms. The minimum Gasteiger partial charge on any atom is -0.480 e. The number of carboxylic acids is 1. The van der Waals surface area contributed by atoms with Crippen molar-refractivity contribution >= 4 is 11.9 Å². The van der Waals surface area contributed by atoms with Crippen LogP contribution in [-0.4, -0.2) is 34.2 Å². The fourth-order valence-corrected chi connectivity index (χ4v) is 2.95. The molecule has 0 aromatic heterocycles. The summed E-state index contributed by atoms with van der Waals surface area (Å²) in [4.78, 5) is 24.0. The van der Waals surface area contributed by atoms with Crippen molar-refractivity contribution in [3.05, 3.63) is 0 Å². The number of hydrogen-bond donors (Lipinski definition) is 3. The lowest BCUT2D eigenvalue weighted by Crippen LogP contribution is -2.53. The van der Waals surface area contributed by atoms with Crippen LogP contribution in [0.5, 0.6) is 0 Å². The summed E-state index contributed by atoms with van der Waals surface area (Å²) in [6, 6.07) is 0.133. The molecule has 0 radical (unpaired) electrons. The van der Waals surface area contributed by atoms with E-state index in [1.807, 2.05) is 0 Å². The smallest absolute Gasteiger partial charge is 0.319 e. The van der Waals surface area contributed by atoms with Crippen molar-refractivity contribution in [1.82, 2.24) is 5.32 Å². The highest BCUT2D eigenvalue weighted by Gasteiger charge is 2.51. The van der Waals surface area contributed by atoms with Gasteiger partial charge in [-0.1, -0.05) is 19.3 Å². The van der Waals surface area contributed by atoms with Gasteiger partial charge in [-0.2, -0.15) is 0 Å². The summed E-state index contributed by atoms with van der Waals surface area (Å²) in [7, 11) is 0. The van der Waals surface area contributed by atoms with E-state index < -0.39 is 29.3 Å². The van der Waals surface area contributed by atoms with Crippen molar-refractivity contribution in [1.29, 1.82) is 0 Å². The number of hydrogen-bond acceptors (Lipinski definition) is 3. The Morgan fingerprint density at radius 3 is 2.32 bits per heavy atom. The highest BCUT2D eigenvalue weighted by atomic mass is 16.4. The first kappa shape index (κ1) is 14.3. The number of nitrogens with one attached hydrogen (secondary N) is 1. The van der Waals surface area contributed by atoms with Crippen LogP contribution in [-0.2, 0) is 9.59 Å². The van der Waals surface area contributed by atoms with Gasteiger partial charge in [0.1, 0.15) is 5.41 Å². The van der Waals surface area contributed by atoms with Crippen molar-refractivity contribution in [3.8, 4) is 0 Å². The molecule has 2 fully saturated rings. The Balaban J connectivity index is 2.20. The molecule has 3 N–H and O–H groups in total. The minimum absolute atomic E-state index is 0.133. The van der Waals surface area contributed by atoms with Gasteiger partial charge in [0.25, 0.3) is 0 Å². The summed E-state index contributed by atoms with van der Waals surface area (Å²) in [5.74, 6) is -2.06. The normalized spacial score (nSPS) is 31.1. The van der Waals surface area contributed by atoms with Crippen molar-refractivity contribution in [2.24, 2.45) is 11.3 Å². The second-order valence-electron chi connectivity index (χ2n) is 6.07. The van der Waals surface area contributed by atoms with Crippen LogP contribution in [0.15, 0.2) is 0 Å². The Hall–Kier alpha value is -1.10. The van der Waals surface area contributed by atoms with Gasteiger partial charge >= 0.3 is 5.97 Å². The average molecular weight is 269 g/mol. The van der Waals surface area contributed by atoms with Crippen molar-refractivity contribution in [2.75, 3.05) is 0 Å². The van der Waals surface area contributed by atoms with E-state index in [0.29, 0.717) is 12.8 Å². The highest BCUT2D eigenvalue weighted by molar-refractivity contribution is 6.02. The van der Waals surface area contributed by atoms with Crippen LogP contribution in [0.25, 0.3) is 0 Å². The van der Waals surface area contributed by atoms with Crippen LogP contribution in [0.4, 0.5) is 0 Å². The van der Waals surface area contributed by atoms with E-state index in [9.17, 15) is 19.8 Å². The summed E-state index contributed by atoms with van der Waals surface area (Å²) in [6.45, 7) is 1.46. The molecule has 19 heavy (non-hydrogen) atoms. The number of aliphatic carboxylic acids is 1. The second kappa shape index (κ2) is 5.49. The van der Waals surface area contributed by atoms with E-state index in [1.165, 1.54) is 6.92 Å². The first-order chi connectivity index (χ1) is 8.96. The molecule has 0 aromatic rings. The summed E-state index contributed by atoms with van der Waals surface area (Å²) in [6.07, 6.45) is 5.11. The Bertz CT molecular complexity index is 366. The summed E-state index contributed by atoms with van der Waals surface area (Å²) in [5, 5.41) is 22.5. The zero-order valence-corrected chi connectivity index (χ0v) is 11.4. The molecule has 0 saturated heterocycles. The molecule has 1 amide bonds. The van der Waals surface area contributed by atoms with Gasteiger partial charge in [0.05, 0.1) is 6.10 Å². The van der Waals surface area contributed by atoms with E-state index in [-0.39, 0.29) is 6.04 Å². The van der Waals surface area contributed by atoms with Gasteiger partial charge in [0, 0.05) is 12.0 Å². The summed E-state index contributed by atoms with van der Waals surface area (Å²) in [5.41, 5.74) is -1.52. The van der Waals surface area contributed by atoms with Gasteiger partial charge in [-0.05, 0) is 32.6 Å². The lowest BCUT2D eigenvalue weighted by molar-refractivity contribution is -0.162. The first-order valence-electron chi connectivity index (χ1n) is 7.18. The van der Waals surface area contributed by atoms with Crippen molar-refractivity contribution in [3.63, 3.8) is 0 Å². The molecule has 2 saturated carbocycles. The van der Waals surface area contributed by atoms with Gasteiger partial charge in [-0.15, -0.1) is 0 Å². The van der Waals surface area contributed by atoms with Crippen LogP contribution in [0.3, 0.4) is 0 Å². The molecule has 0 spiro atoms. The molecule has 2 aliphatic rings. The van der Waals surface area contributed by atoms with Crippen molar-refractivity contribution < 1.29 is 19.8 Å². The Kier molecular flexibility index (Phi) is 4.13. The van der Waals surface area contributed by atoms with Crippen LogP contribution >= 0.6 is 0 Å². The van der Waals surface area contributed by atoms with Gasteiger partial charge in [0.2, 0.25) is 5.91 Å². The number of amides is 1. The Labute approximate surface area is 113 Å². The molecular weight excluding hydrogens is 246 g/mol. The maximum absolute atomic E-state index is 12.3. The predicted octanol–water partition coefficient (Wildman–Crippen LogP) is 1.30. The second-order valence-corrected chi connectivity index (χ2v) is 6.07. The lowest BCUT2D eigenvalue weighted by atomic mass is 9.71. The van der Waals surface area contributed by atoms with Crippen LogP contribution in [0, 0.1) is 11.3 Å². The van der Waals surface area contributed by atoms with Gasteiger partial charge in [0.15, 0.2) is 0 Å². The number of carbonyl (C=O) groups excluding carboxylic acids is 1. The third-order valence-electron chi connectivity index (χ3n) is 4.55. The molecule has 108 valence electrons. The fourth-order valence-electron chi connectivity index (χ4n) is 2.95. The topological polar surface area (TPSA) is 86.6 Å². The molecule has 5 nitrogen and oxygen atoms in total. The quantitative estimate of drug-likeness (QED) is 0.530. The largest absolute Gasteiger partial charge is 0.480 e. The van der Waals surface area contributed by atoms with E-state index in [0.717, 1.165) is 32.1 Å². The lowest BCUT2D eigenvalue weighted by Gasteiger charge is -2.35. The SMILES string of the molecule is CC(C(=O)O)(C(=O)NC1CC1)C1CCCCCC1O. The maximum Gasteiger partial charge on any atom is 0.319 e.